The lowest BCUT2D eigenvalue weighted by atomic mass is 10.1. The van der Waals surface area contributed by atoms with Crippen molar-refractivity contribution in [3.63, 3.8) is 0 Å². The highest BCUT2D eigenvalue weighted by molar-refractivity contribution is 7.90. The number of anilines is 1. The molecule has 0 radical (unpaired) electrons. The fourth-order valence-corrected chi connectivity index (χ4v) is 3.50. The molecule has 8 heteroatoms. The normalized spacial score (nSPS) is 18.8. The molecule has 0 saturated carbocycles. The van der Waals surface area contributed by atoms with Gasteiger partial charge in [-0.2, -0.15) is 0 Å². The maximum atomic E-state index is 12.3. The number of amides is 1. The maximum Gasteiger partial charge on any atom is 0.257 e. The number of nitrogens with zero attached hydrogens (tertiary/aromatic N) is 2. The van der Waals surface area contributed by atoms with Crippen molar-refractivity contribution in [3.8, 4) is 0 Å². The quantitative estimate of drug-likeness (QED) is 0.884. The minimum absolute atomic E-state index is 0.0699. The summed E-state index contributed by atoms with van der Waals surface area (Å²) >= 11 is 6.11. The molecule has 3 rings (SSSR count). The molecule has 6 nitrogen and oxygen atoms in total. The second-order valence-corrected chi connectivity index (χ2v) is 7.45. The molecule has 1 amide bonds. The Bertz CT molecular complexity index is 872. The summed E-state index contributed by atoms with van der Waals surface area (Å²) < 4.78 is 26.6. The van der Waals surface area contributed by atoms with Crippen LogP contribution in [0.1, 0.15) is 5.56 Å². The first-order chi connectivity index (χ1) is 10.8. The molecule has 0 saturated heterocycles. The summed E-state index contributed by atoms with van der Waals surface area (Å²) in [4.78, 5) is 14.0. The average molecular weight is 352 g/mol. The molecule has 1 N–H and O–H groups in total. The van der Waals surface area contributed by atoms with E-state index in [2.05, 4.69) is 9.71 Å². The van der Waals surface area contributed by atoms with E-state index in [-0.39, 0.29) is 18.2 Å². The predicted molar refractivity (Wildman–Crippen MR) is 90.0 cm³/mol. The van der Waals surface area contributed by atoms with Gasteiger partial charge in [0.1, 0.15) is 5.84 Å². The van der Waals surface area contributed by atoms with Gasteiger partial charge in [0.2, 0.25) is 0 Å². The first kappa shape index (κ1) is 15.8. The van der Waals surface area contributed by atoms with Crippen LogP contribution >= 0.6 is 11.6 Å². The summed E-state index contributed by atoms with van der Waals surface area (Å²) in [6.45, 7) is 2.18. The number of hydrogen-bond acceptors (Lipinski definition) is 4. The number of benzene rings is 1. The Morgan fingerprint density at radius 2 is 2.13 bits per heavy atom. The highest BCUT2D eigenvalue weighted by Gasteiger charge is 2.25. The molecular weight excluding hydrogens is 338 g/mol. The number of sulfonamides is 1. The molecule has 2 aliphatic heterocycles. The predicted octanol–water partition coefficient (Wildman–Crippen LogP) is 2.08. The Morgan fingerprint density at radius 3 is 2.87 bits per heavy atom. The van der Waals surface area contributed by atoms with E-state index in [0.29, 0.717) is 22.1 Å². The molecule has 0 unspecified atom stereocenters. The Kier molecular flexibility index (Phi) is 3.99. The van der Waals surface area contributed by atoms with Gasteiger partial charge in [-0.05, 0) is 36.8 Å². The molecule has 2 aliphatic rings. The van der Waals surface area contributed by atoms with Gasteiger partial charge in [-0.25, -0.2) is 8.42 Å². The second-order valence-electron chi connectivity index (χ2n) is 5.28. The Hall–Kier alpha value is -2.12. The molecule has 0 aromatic heterocycles. The zero-order valence-corrected chi connectivity index (χ0v) is 13.9. The molecule has 23 heavy (non-hydrogen) atoms. The maximum absolute atomic E-state index is 12.3. The van der Waals surface area contributed by atoms with Crippen LogP contribution < -0.4 is 5.32 Å². The lowest BCUT2D eigenvalue weighted by Gasteiger charge is -2.27. The van der Waals surface area contributed by atoms with Crippen LogP contribution in [0.4, 0.5) is 5.69 Å². The number of halogens is 1. The van der Waals surface area contributed by atoms with Gasteiger partial charge in [0.25, 0.3) is 15.9 Å². The summed E-state index contributed by atoms with van der Waals surface area (Å²) in [6, 6.07) is 5.36. The van der Waals surface area contributed by atoms with Crippen LogP contribution in [0.15, 0.2) is 46.5 Å². The number of amidine groups is 1. The third-order valence-corrected chi connectivity index (χ3v) is 4.94. The van der Waals surface area contributed by atoms with E-state index >= 15 is 0 Å². The third-order valence-electron chi connectivity index (χ3n) is 3.46. The van der Waals surface area contributed by atoms with Crippen LogP contribution in [0.3, 0.4) is 0 Å². The molecule has 1 aromatic carbocycles. The van der Waals surface area contributed by atoms with E-state index in [1.807, 2.05) is 13.0 Å². The summed E-state index contributed by atoms with van der Waals surface area (Å²) in [5.41, 5.74) is 1.93. The van der Waals surface area contributed by atoms with Gasteiger partial charge in [0.05, 0.1) is 22.0 Å². The number of aryl methyl sites for hydroxylation is 1. The van der Waals surface area contributed by atoms with Crippen LogP contribution in [0.2, 0.25) is 5.02 Å². The molecule has 120 valence electrons. The van der Waals surface area contributed by atoms with Crippen molar-refractivity contribution in [3.05, 3.63) is 52.7 Å². The van der Waals surface area contributed by atoms with Gasteiger partial charge in [-0.1, -0.05) is 17.7 Å². The lowest BCUT2D eigenvalue weighted by Crippen LogP contribution is -2.37. The lowest BCUT2D eigenvalue weighted by molar-refractivity contribution is -0.112. The first-order valence-electron chi connectivity index (χ1n) is 6.91. The van der Waals surface area contributed by atoms with Crippen LogP contribution in [0.5, 0.6) is 0 Å². The molecule has 0 atom stereocenters. The van der Waals surface area contributed by atoms with Crippen LogP contribution in [0.25, 0.3) is 0 Å². The van der Waals surface area contributed by atoms with Crippen molar-refractivity contribution in [1.29, 1.82) is 0 Å². The zero-order chi connectivity index (χ0) is 16.6. The molecule has 0 spiro atoms. The largest absolute Gasteiger partial charge is 0.330 e. The van der Waals surface area contributed by atoms with E-state index in [9.17, 15) is 13.2 Å². The molecule has 2 heterocycles. The molecule has 1 aromatic rings. The Morgan fingerprint density at radius 1 is 1.35 bits per heavy atom. The molecule has 0 bridgehead atoms. The fourth-order valence-electron chi connectivity index (χ4n) is 2.25. The molecule has 0 aliphatic carbocycles. The number of hydrogen-bond donors (Lipinski definition) is 1. The fraction of sp³-hybridized carbons (Fsp3) is 0.200. The monoisotopic (exact) mass is 351 g/mol. The van der Waals surface area contributed by atoms with Crippen molar-refractivity contribution >= 4 is 39.1 Å². The molecular formula is C15H14ClN3O3S. The number of carbonyl (C=O) groups excluding carboxylic acids is 1. The third kappa shape index (κ3) is 3.46. The highest BCUT2D eigenvalue weighted by atomic mass is 35.5. The van der Waals surface area contributed by atoms with Gasteiger partial charge in [0, 0.05) is 12.7 Å². The van der Waals surface area contributed by atoms with Gasteiger partial charge in [-0.15, -0.1) is 4.40 Å². The second kappa shape index (κ2) is 5.82. The van der Waals surface area contributed by atoms with E-state index in [1.54, 1.807) is 23.2 Å². The van der Waals surface area contributed by atoms with Gasteiger partial charge >= 0.3 is 0 Å². The van der Waals surface area contributed by atoms with Crippen molar-refractivity contribution < 1.29 is 13.2 Å². The minimum Gasteiger partial charge on any atom is -0.330 e. The van der Waals surface area contributed by atoms with E-state index in [1.165, 1.54) is 12.2 Å². The van der Waals surface area contributed by atoms with Crippen molar-refractivity contribution in [2.45, 2.75) is 6.92 Å². The topological polar surface area (TPSA) is 78.8 Å². The number of nitrogens with one attached hydrogen (secondary N) is 1. The van der Waals surface area contributed by atoms with Crippen LogP contribution in [0, 0.1) is 6.92 Å². The summed E-state index contributed by atoms with van der Waals surface area (Å²) in [5, 5.41) is 3.21. The van der Waals surface area contributed by atoms with Crippen LogP contribution in [-0.4, -0.2) is 37.4 Å². The first-order valence-corrected chi connectivity index (χ1v) is 8.89. The van der Waals surface area contributed by atoms with E-state index in [4.69, 9.17) is 11.6 Å². The Labute approximate surface area is 139 Å². The van der Waals surface area contributed by atoms with Crippen molar-refractivity contribution in [2.24, 2.45) is 4.40 Å². The number of fused-ring (bicyclic) bond motifs is 1. The van der Waals surface area contributed by atoms with Crippen LogP contribution in [-0.2, 0) is 14.8 Å². The SMILES string of the molecule is Cc1ccc(NC(=O)C2=CN3CCS(=O)(=O)N=C3C=C2)c(Cl)c1. The van der Waals surface area contributed by atoms with Gasteiger partial charge < -0.3 is 10.2 Å². The molecule has 0 fully saturated rings. The van der Waals surface area contributed by atoms with E-state index < -0.39 is 10.0 Å². The van der Waals surface area contributed by atoms with Gasteiger partial charge in [-0.3, -0.25) is 4.79 Å². The number of carbonyl (C=O) groups is 1. The highest BCUT2D eigenvalue weighted by Crippen LogP contribution is 2.24. The summed E-state index contributed by atoms with van der Waals surface area (Å²) in [7, 11) is -3.40. The minimum atomic E-state index is -3.40. The Balaban J connectivity index is 1.80. The average Bonchev–Trinajstić information content (AvgIpc) is 2.48. The standard InChI is InChI=1S/C15H14ClN3O3S/c1-10-2-4-13(12(16)8-10)17-15(20)11-3-5-14-18-23(21,22)7-6-19(14)9-11/h2-5,8-9H,6-7H2,1H3,(H,17,20). The summed E-state index contributed by atoms with van der Waals surface area (Å²) in [5.74, 6) is -0.0693. The van der Waals surface area contributed by atoms with Gasteiger partial charge in [0.15, 0.2) is 0 Å². The van der Waals surface area contributed by atoms with Crippen molar-refractivity contribution in [2.75, 3.05) is 17.6 Å². The van der Waals surface area contributed by atoms with Crippen molar-refractivity contribution in [1.82, 2.24) is 4.90 Å². The summed E-state index contributed by atoms with van der Waals surface area (Å²) in [6.07, 6.45) is 4.64. The van der Waals surface area contributed by atoms with E-state index in [0.717, 1.165) is 5.56 Å². The zero-order valence-electron chi connectivity index (χ0n) is 12.3. The smallest absolute Gasteiger partial charge is 0.257 e. The number of rotatable bonds is 2.